The summed E-state index contributed by atoms with van der Waals surface area (Å²) in [6.07, 6.45) is 8.60. The van der Waals surface area contributed by atoms with E-state index >= 15 is 0 Å². The highest BCUT2D eigenvalue weighted by Crippen LogP contribution is 2.53. The van der Waals surface area contributed by atoms with Gasteiger partial charge in [0.1, 0.15) is 6.54 Å². The van der Waals surface area contributed by atoms with E-state index in [4.69, 9.17) is 0 Å². The van der Waals surface area contributed by atoms with Crippen LogP contribution in [0.2, 0.25) is 0 Å². The number of nitrogens with one attached hydrogen (secondary N) is 1. The molecule has 4 fully saturated rings. The summed E-state index contributed by atoms with van der Waals surface area (Å²) in [7, 11) is 0. The van der Waals surface area contributed by atoms with Crippen LogP contribution in [0.1, 0.15) is 37.8 Å². The second kappa shape index (κ2) is 4.61. The second-order valence-corrected chi connectivity index (χ2v) is 7.15. The Morgan fingerprint density at radius 1 is 1.25 bits per heavy atom. The average molecular weight is 273 g/mol. The van der Waals surface area contributed by atoms with Gasteiger partial charge in [0.25, 0.3) is 0 Å². The number of carbonyl (C=O) groups is 1. The largest absolute Gasteiger partial charge is 0.351 e. The summed E-state index contributed by atoms with van der Waals surface area (Å²) >= 11 is 0. The van der Waals surface area contributed by atoms with Crippen molar-refractivity contribution in [2.75, 3.05) is 0 Å². The van der Waals surface area contributed by atoms with E-state index in [0.717, 1.165) is 29.4 Å². The van der Waals surface area contributed by atoms with Crippen LogP contribution >= 0.6 is 0 Å². The molecule has 1 aromatic rings. The molecular formula is C16H23N3O. The van der Waals surface area contributed by atoms with Crippen LogP contribution in [0.3, 0.4) is 0 Å². The van der Waals surface area contributed by atoms with Gasteiger partial charge in [0.2, 0.25) is 5.91 Å². The maximum Gasteiger partial charge on any atom is 0.241 e. The molecule has 0 spiro atoms. The highest BCUT2D eigenvalue weighted by Gasteiger charge is 2.48. The molecule has 0 saturated heterocycles. The van der Waals surface area contributed by atoms with Gasteiger partial charge in [0.15, 0.2) is 0 Å². The van der Waals surface area contributed by atoms with Gasteiger partial charge in [-0.15, -0.1) is 0 Å². The van der Waals surface area contributed by atoms with E-state index in [0.29, 0.717) is 12.6 Å². The van der Waals surface area contributed by atoms with Gasteiger partial charge in [-0.25, -0.2) is 0 Å². The minimum absolute atomic E-state index is 0.134. The summed E-state index contributed by atoms with van der Waals surface area (Å²) in [6, 6.07) is 2.38. The standard InChI is InChI=1S/C16H23N3O/c1-10-2-3-17-19(10)9-15(20)18-16-13-5-11-4-12(7-13)8-14(16)6-11/h2-3,11-14,16H,4-9H2,1H3,(H,18,20). The predicted octanol–water partition coefficient (Wildman–Crippen LogP) is 2.13. The van der Waals surface area contributed by atoms with Crippen molar-refractivity contribution in [1.29, 1.82) is 0 Å². The Morgan fingerprint density at radius 3 is 2.45 bits per heavy atom. The van der Waals surface area contributed by atoms with Crippen molar-refractivity contribution in [2.24, 2.45) is 23.7 Å². The molecule has 4 aliphatic carbocycles. The number of aryl methyl sites for hydroxylation is 1. The van der Waals surface area contributed by atoms with Crippen LogP contribution in [0.4, 0.5) is 0 Å². The molecule has 4 heteroatoms. The molecule has 0 atom stereocenters. The van der Waals surface area contributed by atoms with E-state index in [2.05, 4.69) is 10.4 Å². The number of carbonyl (C=O) groups excluding carboxylic acids is 1. The predicted molar refractivity (Wildman–Crippen MR) is 75.9 cm³/mol. The smallest absolute Gasteiger partial charge is 0.241 e. The van der Waals surface area contributed by atoms with E-state index in [1.165, 1.54) is 32.1 Å². The third-order valence-electron chi connectivity index (χ3n) is 5.78. The minimum Gasteiger partial charge on any atom is -0.351 e. The second-order valence-electron chi connectivity index (χ2n) is 7.15. The molecule has 108 valence electrons. The first-order valence-electron chi connectivity index (χ1n) is 7.97. The maximum atomic E-state index is 12.3. The Labute approximate surface area is 119 Å². The maximum absolute atomic E-state index is 12.3. The summed E-state index contributed by atoms with van der Waals surface area (Å²) in [5.41, 5.74) is 1.05. The average Bonchev–Trinajstić information content (AvgIpc) is 2.79. The van der Waals surface area contributed by atoms with Crippen LogP contribution in [0.25, 0.3) is 0 Å². The molecule has 4 nitrogen and oxygen atoms in total. The fourth-order valence-corrected chi connectivity index (χ4v) is 5.09. The molecule has 4 bridgehead atoms. The third kappa shape index (κ3) is 2.05. The van der Waals surface area contributed by atoms with Crippen LogP contribution < -0.4 is 5.32 Å². The van der Waals surface area contributed by atoms with E-state index in [9.17, 15) is 4.79 Å². The summed E-state index contributed by atoms with van der Waals surface area (Å²) in [4.78, 5) is 12.3. The van der Waals surface area contributed by atoms with Crippen LogP contribution in [0.15, 0.2) is 12.3 Å². The van der Waals surface area contributed by atoms with E-state index in [-0.39, 0.29) is 5.91 Å². The molecule has 1 heterocycles. The lowest BCUT2D eigenvalue weighted by atomic mass is 9.54. The van der Waals surface area contributed by atoms with Crippen molar-refractivity contribution in [3.05, 3.63) is 18.0 Å². The Kier molecular flexibility index (Phi) is 2.86. The lowest BCUT2D eigenvalue weighted by molar-refractivity contribution is -0.125. The molecule has 4 saturated carbocycles. The molecule has 0 radical (unpaired) electrons. The Morgan fingerprint density at radius 2 is 1.90 bits per heavy atom. The molecule has 1 N–H and O–H groups in total. The van der Waals surface area contributed by atoms with E-state index in [1.54, 1.807) is 10.9 Å². The molecule has 0 aliphatic heterocycles. The van der Waals surface area contributed by atoms with Gasteiger partial charge in [-0.05, 0) is 68.8 Å². The number of aromatic nitrogens is 2. The first kappa shape index (κ1) is 12.4. The number of hydrogen-bond donors (Lipinski definition) is 1. The number of rotatable bonds is 3. The molecule has 20 heavy (non-hydrogen) atoms. The zero-order valence-electron chi connectivity index (χ0n) is 12.1. The van der Waals surface area contributed by atoms with E-state index in [1.807, 2.05) is 13.0 Å². The zero-order valence-corrected chi connectivity index (χ0v) is 12.1. The monoisotopic (exact) mass is 273 g/mol. The van der Waals surface area contributed by atoms with Crippen molar-refractivity contribution < 1.29 is 4.79 Å². The Balaban J connectivity index is 1.42. The lowest BCUT2D eigenvalue weighted by Gasteiger charge is -2.54. The number of hydrogen-bond acceptors (Lipinski definition) is 2. The van der Waals surface area contributed by atoms with Crippen molar-refractivity contribution in [3.8, 4) is 0 Å². The number of nitrogens with zero attached hydrogens (tertiary/aromatic N) is 2. The van der Waals surface area contributed by atoms with Crippen molar-refractivity contribution in [3.63, 3.8) is 0 Å². The van der Waals surface area contributed by atoms with Crippen LogP contribution in [-0.2, 0) is 11.3 Å². The first-order valence-corrected chi connectivity index (χ1v) is 7.97. The van der Waals surface area contributed by atoms with Gasteiger partial charge in [0, 0.05) is 17.9 Å². The minimum atomic E-state index is 0.134. The van der Waals surface area contributed by atoms with Crippen molar-refractivity contribution in [1.82, 2.24) is 15.1 Å². The molecular weight excluding hydrogens is 250 g/mol. The Hall–Kier alpha value is -1.32. The van der Waals surface area contributed by atoms with Gasteiger partial charge in [-0.2, -0.15) is 5.10 Å². The molecule has 1 amide bonds. The normalized spacial score (nSPS) is 38.1. The summed E-state index contributed by atoms with van der Waals surface area (Å²) in [5, 5.41) is 7.52. The van der Waals surface area contributed by atoms with Crippen LogP contribution in [0, 0.1) is 30.6 Å². The summed E-state index contributed by atoms with van der Waals surface area (Å²) < 4.78 is 1.78. The SMILES string of the molecule is Cc1ccnn1CC(=O)NC1C2CC3CC(C2)CC1C3. The molecule has 5 rings (SSSR count). The first-order chi connectivity index (χ1) is 9.69. The fraction of sp³-hybridized carbons (Fsp3) is 0.750. The summed E-state index contributed by atoms with van der Waals surface area (Å²) in [6.45, 7) is 2.35. The van der Waals surface area contributed by atoms with Crippen molar-refractivity contribution >= 4 is 5.91 Å². The quantitative estimate of drug-likeness (QED) is 0.917. The van der Waals surface area contributed by atoms with E-state index < -0.39 is 0 Å². The fourth-order valence-electron chi connectivity index (χ4n) is 5.09. The highest BCUT2D eigenvalue weighted by molar-refractivity contribution is 5.76. The van der Waals surface area contributed by atoms with Gasteiger partial charge in [-0.3, -0.25) is 9.48 Å². The Bertz CT molecular complexity index is 494. The van der Waals surface area contributed by atoms with Crippen LogP contribution in [0.5, 0.6) is 0 Å². The summed E-state index contributed by atoms with van der Waals surface area (Å²) in [5.74, 6) is 3.54. The van der Waals surface area contributed by atoms with Gasteiger partial charge < -0.3 is 5.32 Å². The zero-order chi connectivity index (χ0) is 13.7. The lowest BCUT2D eigenvalue weighted by Crippen LogP contribution is -2.56. The highest BCUT2D eigenvalue weighted by atomic mass is 16.2. The van der Waals surface area contributed by atoms with Gasteiger partial charge in [0.05, 0.1) is 0 Å². The third-order valence-corrected chi connectivity index (χ3v) is 5.78. The number of amides is 1. The molecule has 4 aliphatic rings. The van der Waals surface area contributed by atoms with Gasteiger partial charge >= 0.3 is 0 Å². The van der Waals surface area contributed by atoms with Gasteiger partial charge in [-0.1, -0.05) is 0 Å². The molecule has 0 aromatic carbocycles. The van der Waals surface area contributed by atoms with Crippen molar-refractivity contribution in [2.45, 2.75) is 51.6 Å². The molecule has 1 aromatic heterocycles. The molecule has 0 unspecified atom stereocenters. The topological polar surface area (TPSA) is 46.9 Å². The van der Waals surface area contributed by atoms with Crippen LogP contribution in [-0.4, -0.2) is 21.7 Å².